The van der Waals surface area contributed by atoms with Crippen molar-refractivity contribution in [2.75, 3.05) is 45.3 Å². The fourth-order valence-corrected chi connectivity index (χ4v) is 5.61. The van der Waals surface area contributed by atoms with E-state index in [0.717, 1.165) is 61.0 Å². The van der Waals surface area contributed by atoms with E-state index in [0.29, 0.717) is 13.0 Å². The van der Waals surface area contributed by atoms with Gasteiger partial charge >= 0.3 is 11.9 Å². The number of benzene rings is 2. The van der Waals surface area contributed by atoms with Crippen molar-refractivity contribution in [1.82, 2.24) is 9.88 Å². The van der Waals surface area contributed by atoms with E-state index in [2.05, 4.69) is 48.4 Å². The molecular formula is C34H47N3O7S. The van der Waals surface area contributed by atoms with Gasteiger partial charge in [0.2, 0.25) is 0 Å². The van der Waals surface area contributed by atoms with Gasteiger partial charge in [-0.15, -0.1) is 11.3 Å². The predicted octanol–water partition coefficient (Wildman–Crippen LogP) is 5.78. The van der Waals surface area contributed by atoms with Crippen LogP contribution in [0.3, 0.4) is 0 Å². The number of carbonyl (C=O) groups excluding carboxylic acids is 2. The van der Waals surface area contributed by atoms with Gasteiger partial charge in [-0.05, 0) is 94.2 Å². The fourth-order valence-electron chi connectivity index (χ4n) is 4.89. The van der Waals surface area contributed by atoms with E-state index in [-0.39, 0.29) is 13.2 Å². The zero-order valence-electron chi connectivity index (χ0n) is 26.9. The monoisotopic (exact) mass is 641 g/mol. The van der Waals surface area contributed by atoms with Crippen LogP contribution in [0.2, 0.25) is 0 Å². The van der Waals surface area contributed by atoms with Gasteiger partial charge in [0.1, 0.15) is 6.61 Å². The minimum absolute atomic E-state index is 0.139. The summed E-state index contributed by atoms with van der Waals surface area (Å²) in [5.74, 6) is -2.56. The maximum atomic E-state index is 13.4. The number of amides is 1. The SMILES string of the molecule is CCOC(=O)CO[C@@H](C(=O)O)[C@@H](OCCCCCc1ccc(C)c(C)c1)C(=O)N(C)CCCCCNc1ccc2ncsc2c1. The molecule has 45 heavy (non-hydrogen) atoms. The lowest BCUT2D eigenvalue weighted by molar-refractivity contribution is -0.177. The number of aliphatic carboxylic acids is 1. The molecule has 0 bridgehead atoms. The Kier molecular flexibility index (Phi) is 15.2. The van der Waals surface area contributed by atoms with Gasteiger partial charge in [-0.25, -0.2) is 14.6 Å². The first-order valence-corrected chi connectivity index (χ1v) is 16.6. The second-order valence-electron chi connectivity index (χ2n) is 11.2. The first-order valence-electron chi connectivity index (χ1n) is 15.7. The van der Waals surface area contributed by atoms with E-state index < -0.39 is 36.7 Å². The maximum Gasteiger partial charge on any atom is 0.336 e. The maximum absolute atomic E-state index is 13.4. The molecule has 10 nitrogen and oxygen atoms in total. The van der Waals surface area contributed by atoms with E-state index in [1.165, 1.54) is 21.6 Å². The highest BCUT2D eigenvalue weighted by molar-refractivity contribution is 7.16. The number of thiazole rings is 1. The summed E-state index contributed by atoms with van der Waals surface area (Å²) in [7, 11) is 1.63. The molecule has 0 aliphatic heterocycles. The molecule has 2 atom stereocenters. The fraction of sp³-hybridized carbons (Fsp3) is 0.529. The third-order valence-corrected chi connectivity index (χ3v) is 8.43. The summed E-state index contributed by atoms with van der Waals surface area (Å²) in [6, 6.07) is 12.6. The van der Waals surface area contributed by atoms with Gasteiger partial charge in [0.25, 0.3) is 5.91 Å². The number of esters is 1. The van der Waals surface area contributed by atoms with Crippen molar-refractivity contribution in [3.63, 3.8) is 0 Å². The van der Waals surface area contributed by atoms with Gasteiger partial charge in [0.15, 0.2) is 12.2 Å². The van der Waals surface area contributed by atoms with Crippen LogP contribution in [0, 0.1) is 13.8 Å². The molecule has 0 unspecified atom stereocenters. The van der Waals surface area contributed by atoms with Gasteiger partial charge in [-0.3, -0.25) is 4.79 Å². The first-order chi connectivity index (χ1) is 21.7. The number of carboxylic acid groups (broad SMARTS) is 1. The number of carboxylic acids is 1. The molecule has 3 rings (SSSR count). The summed E-state index contributed by atoms with van der Waals surface area (Å²) in [5, 5.41) is 13.3. The van der Waals surface area contributed by atoms with Gasteiger partial charge in [-0.1, -0.05) is 24.6 Å². The van der Waals surface area contributed by atoms with E-state index in [4.69, 9.17) is 14.2 Å². The molecule has 0 fully saturated rings. The van der Waals surface area contributed by atoms with Crippen LogP contribution in [-0.2, 0) is 35.0 Å². The molecule has 0 saturated heterocycles. The highest BCUT2D eigenvalue weighted by Crippen LogP contribution is 2.22. The van der Waals surface area contributed by atoms with E-state index >= 15 is 0 Å². The Bertz CT molecular complexity index is 1380. The Labute approximate surface area is 270 Å². The number of hydrogen-bond donors (Lipinski definition) is 2. The van der Waals surface area contributed by atoms with E-state index in [1.807, 2.05) is 17.6 Å². The predicted molar refractivity (Wildman–Crippen MR) is 177 cm³/mol. The highest BCUT2D eigenvalue weighted by atomic mass is 32.1. The minimum atomic E-state index is -1.64. The molecule has 1 heterocycles. The summed E-state index contributed by atoms with van der Waals surface area (Å²) in [6.45, 7) is 6.83. The van der Waals surface area contributed by atoms with Gasteiger partial charge in [0.05, 0.1) is 22.3 Å². The summed E-state index contributed by atoms with van der Waals surface area (Å²) >= 11 is 1.61. The number of hydrogen-bond acceptors (Lipinski definition) is 9. The van der Waals surface area contributed by atoms with Crippen LogP contribution in [0.1, 0.15) is 62.1 Å². The zero-order valence-corrected chi connectivity index (χ0v) is 27.7. The van der Waals surface area contributed by atoms with Gasteiger partial charge in [-0.2, -0.15) is 0 Å². The van der Waals surface area contributed by atoms with Crippen LogP contribution in [0.5, 0.6) is 0 Å². The number of aryl methyl sites for hydroxylation is 3. The number of nitrogens with one attached hydrogen (secondary N) is 1. The number of unbranched alkanes of at least 4 members (excludes halogenated alkanes) is 4. The molecule has 2 N–H and O–H groups in total. The normalized spacial score (nSPS) is 12.5. The molecule has 1 amide bonds. The van der Waals surface area contributed by atoms with Crippen LogP contribution in [-0.4, -0.2) is 85.0 Å². The lowest BCUT2D eigenvalue weighted by atomic mass is 10.0. The number of fused-ring (bicyclic) bond motifs is 1. The largest absolute Gasteiger partial charge is 0.479 e. The number of anilines is 1. The van der Waals surface area contributed by atoms with Gasteiger partial charge in [0, 0.05) is 32.4 Å². The van der Waals surface area contributed by atoms with Crippen LogP contribution >= 0.6 is 11.3 Å². The van der Waals surface area contributed by atoms with Crippen LogP contribution < -0.4 is 5.32 Å². The van der Waals surface area contributed by atoms with Gasteiger partial charge < -0.3 is 29.5 Å². The number of likely N-dealkylation sites (N-methyl/N-ethyl adjacent to an activating group) is 1. The molecule has 3 aromatic rings. The Balaban J connectivity index is 1.47. The van der Waals surface area contributed by atoms with Crippen LogP contribution in [0.25, 0.3) is 10.2 Å². The Hall–Kier alpha value is -3.54. The Morgan fingerprint density at radius 1 is 0.956 bits per heavy atom. The Morgan fingerprint density at radius 3 is 2.51 bits per heavy atom. The average molecular weight is 642 g/mol. The topological polar surface area (TPSA) is 127 Å². The molecule has 1 aromatic heterocycles. The van der Waals surface area contributed by atoms with Crippen LogP contribution in [0.15, 0.2) is 41.9 Å². The van der Waals surface area contributed by atoms with Crippen molar-refractivity contribution < 1.29 is 33.7 Å². The molecular weight excluding hydrogens is 594 g/mol. The quantitative estimate of drug-likeness (QED) is 0.110. The third-order valence-electron chi connectivity index (χ3n) is 7.63. The number of ether oxygens (including phenoxy) is 3. The molecule has 0 saturated carbocycles. The van der Waals surface area contributed by atoms with Crippen molar-refractivity contribution in [3.05, 3.63) is 58.6 Å². The molecule has 0 spiro atoms. The summed E-state index contributed by atoms with van der Waals surface area (Å²) in [4.78, 5) is 43.2. The van der Waals surface area contributed by atoms with E-state index in [9.17, 15) is 19.5 Å². The number of aromatic nitrogens is 1. The second kappa shape index (κ2) is 19.1. The van der Waals surface area contributed by atoms with Crippen LogP contribution in [0.4, 0.5) is 5.69 Å². The van der Waals surface area contributed by atoms with Crippen molar-refractivity contribution >= 4 is 45.1 Å². The Morgan fingerprint density at radius 2 is 1.76 bits per heavy atom. The lowest BCUT2D eigenvalue weighted by Gasteiger charge is -2.28. The molecule has 246 valence electrons. The average Bonchev–Trinajstić information content (AvgIpc) is 3.49. The third kappa shape index (κ3) is 12.1. The van der Waals surface area contributed by atoms with E-state index in [1.54, 1.807) is 25.3 Å². The molecule has 0 aliphatic carbocycles. The number of rotatable bonds is 21. The second-order valence-corrected chi connectivity index (χ2v) is 12.1. The number of nitrogens with zero attached hydrogens (tertiary/aromatic N) is 2. The summed E-state index contributed by atoms with van der Waals surface area (Å²) in [6.07, 6.45) is 2.90. The highest BCUT2D eigenvalue weighted by Gasteiger charge is 2.38. The molecule has 0 aliphatic rings. The van der Waals surface area contributed by atoms with Crippen molar-refractivity contribution in [2.24, 2.45) is 0 Å². The molecule has 2 aromatic carbocycles. The summed E-state index contributed by atoms with van der Waals surface area (Å²) in [5.41, 5.74) is 7.69. The minimum Gasteiger partial charge on any atom is -0.479 e. The van der Waals surface area contributed by atoms with Crippen molar-refractivity contribution in [1.29, 1.82) is 0 Å². The van der Waals surface area contributed by atoms with Crippen molar-refractivity contribution in [2.45, 2.75) is 77.9 Å². The standard InChI is InChI=1S/C34H47N3O7S/c1-5-42-30(38)22-44-32(34(40)41)31(43-19-11-6-8-12-26-14-13-24(2)25(3)20-26)33(39)37(4)18-10-7-9-17-35-27-15-16-28-29(21-27)45-23-36-28/h13-16,20-21,23,31-32,35H,5-12,17-19,22H2,1-4H3,(H,40,41)/t31-,32-/m1/s1. The first kappa shape index (κ1) is 35.9. The molecule has 11 heteroatoms. The smallest absolute Gasteiger partial charge is 0.336 e. The number of carbonyl (C=O) groups is 3. The zero-order chi connectivity index (χ0) is 32.6. The van der Waals surface area contributed by atoms with Crippen molar-refractivity contribution in [3.8, 4) is 0 Å². The lowest BCUT2D eigenvalue weighted by Crippen LogP contribution is -2.50. The molecule has 0 radical (unpaired) electrons. The summed E-state index contributed by atoms with van der Waals surface area (Å²) < 4.78 is 17.3.